The van der Waals surface area contributed by atoms with E-state index in [1.165, 1.54) is 71.8 Å². The second-order valence-electron chi connectivity index (χ2n) is 19.5. The number of hydrogen-bond acceptors (Lipinski definition) is 14. The number of aromatic hydroxyl groups is 3. The molecule has 2 aromatic rings. The van der Waals surface area contributed by atoms with Crippen LogP contribution in [0.25, 0.3) is 10.8 Å². The highest BCUT2D eigenvalue weighted by Gasteiger charge is 2.53. The number of fused-ring (bicyclic) bond motifs is 14. The minimum atomic E-state index is -2.04. The van der Waals surface area contributed by atoms with Gasteiger partial charge in [0.05, 0.1) is 58.5 Å². The third-order valence-corrected chi connectivity index (χ3v) is 15.1. The Balaban J connectivity index is 1.37. The average molecular weight is 888 g/mol. The molecule has 3 heterocycles. The van der Waals surface area contributed by atoms with Crippen molar-refractivity contribution in [2.45, 2.75) is 130 Å². The number of aliphatic hydroxyl groups excluding tert-OH is 2. The third kappa shape index (κ3) is 8.23. The van der Waals surface area contributed by atoms with Crippen molar-refractivity contribution in [3.63, 3.8) is 0 Å². The van der Waals surface area contributed by atoms with Crippen molar-refractivity contribution in [2.75, 3.05) is 19.5 Å². The summed E-state index contributed by atoms with van der Waals surface area (Å²) in [5.41, 5.74) is -0.421. The Hall–Kier alpha value is -5.12. The molecule has 9 rings (SSSR count). The molecule has 3 aliphatic heterocycles. The van der Waals surface area contributed by atoms with Crippen LogP contribution in [0.2, 0.25) is 0 Å². The number of amides is 1. The van der Waals surface area contributed by atoms with Gasteiger partial charge in [-0.2, -0.15) is 5.10 Å². The number of hydrazone groups is 1. The van der Waals surface area contributed by atoms with Crippen LogP contribution in [0.4, 0.5) is 5.69 Å². The van der Waals surface area contributed by atoms with Crippen molar-refractivity contribution in [1.29, 1.82) is 0 Å². The fourth-order valence-electron chi connectivity index (χ4n) is 11.6. The summed E-state index contributed by atoms with van der Waals surface area (Å²) in [6, 6.07) is 0. The Morgan fingerprint density at radius 1 is 0.906 bits per heavy atom. The van der Waals surface area contributed by atoms with Crippen LogP contribution >= 0.6 is 0 Å². The molecule has 15 nitrogen and oxygen atoms in total. The second kappa shape index (κ2) is 17.7. The number of phenolic OH excluding ortho intramolecular Hbond substituents is 3. The van der Waals surface area contributed by atoms with Crippen LogP contribution in [-0.2, 0) is 23.8 Å². The lowest BCUT2D eigenvalue weighted by Crippen LogP contribution is -2.57. The van der Waals surface area contributed by atoms with Crippen molar-refractivity contribution in [3.8, 4) is 23.0 Å². The van der Waals surface area contributed by atoms with Crippen LogP contribution in [0.15, 0.2) is 41.2 Å². The van der Waals surface area contributed by atoms with Crippen molar-refractivity contribution in [3.05, 3.63) is 52.8 Å². The van der Waals surface area contributed by atoms with E-state index >= 15 is 0 Å². The highest BCUT2D eigenvalue weighted by atomic mass is 16.7. The Morgan fingerprint density at radius 2 is 1.53 bits per heavy atom. The van der Waals surface area contributed by atoms with E-state index in [4.69, 9.17) is 24.0 Å². The number of hydrogen-bond donors (Lipinski definition) is 6. The molecule has 9 bridgehead atoms. The summed E-state index contributed by atoms with van der Waals surface area (Å²) < 4.78 is 23.8. The number of ketones is 1. The molecule has 1 amide bonds. The van der Waals surface area contributed by atoms with E-state index in [1.807, 2.05) is 12.1 Å². The summed E-state index contributed by atoms with van der Waals surface area (Å²) in [6.07, 6.45) is 11.7. The second-order valence-corrected chi connectivity index (χ2v) is 19.5. The fraction of sp³-hybridized carbons (Fsp3) is 0.592. The predicted molar refractivity (Wildman–Crippen MR) is 240 cm³/mol. The smallest absolute Gasteiger partial charge is 0.312 e. The molecule has 9 atom stereocenters. The number of benzene rings is 2. The van der Waals surface area contributed by atoms with E-state index in [2.05, 4.69) is 5.32 Å². The molecule has 4 aliphatic carbocycles. The third-order valence-electron chi connectivity index (χ3n) is 15.1. The zero-order chi connectivity index (χ0) is 46.7. The minimum absolute atomic E-state index is 0.0690. The van der Waals surface area contributed by atoms with Gasteiger partial charge in [-0.05, 0) is 76.2 Å². The fourth-order valence-corrected chi connectivity index (χ4v) is 11.6. The molecule has 0 aromatic heterocycles. The summed E-state index contributed by atoms with van der Waals surface area (Å²) >= 11 is 0. The quantitative estimate of drug-likeness (QED) is 0.0588. The van der Waals surface area contributed by atoms with Gasteiger partial charge in [-0.3, -0.25) is 19.4 Å². The maximum atomic E-state index is 14.6. The Kier molecular flexibility index (Phi) is 13.0. The van der Waals surface area contributed by atoms with Crippen molar-refractivity contribution >= 4 is 40.3 Å². The molecule has 0 spiro atoms. The topological polar surface area (TPSA) is 217 Å². The first-order valence-electron chi connectivity index (χ1n) is 22.5. The molecule has 9 unspecified atom stereocenters. The molecule has 7 aliphatic rings. The first-order chi connectivity index (χ1) is 30.1. The molecule has 348 valence electrons. The van der Waals surface area contributed by atoms with Crippen LogP contribution in [0.1, 0.15) is 108 Å². The number of phenols is 3. The van der Waals surface area contributed by atoms with Gasteiger partial charge in [0.25, 0.3) is 11.7 Å². The van der Waals surface area contributed by atoms with Crippen LogP contribution in [0, 0.1) is 48.3 Å². The minimum Gasteiger partial charge on any atom is -0.507 e. The van der Waals surface area contributed by atoms with Crippen LogP contribution < -0.4 is 10.1 Å². The molecule has 0 saturated heterocycles. The largest absolute Gasteiger partial charge is 0.507 e. The van der Waals surface area contributed by atoms with Gasteiger partial charge in [-0.1, -0.05) is 45.9 Å². The van der Waals surface area contributed by atoms with Crippen LogP contribution in [-0.4, -0.2) is 104 Å². The number of rotatable bonds is 5. The van der Waals surface area contributed by atoms with Gasteiger partial charge in [-0.25, -0.2) is 0 Å². The van der Waals surface area contributed by atoms with Gasteiger partial charge < -0.3 is 49.8 Å². The standard InChI is InChI=1S/C49H65N3O12/c1-23-12-11-13-24(2)47(60)51-38-33(22-50-52(9)49-19-30-16-31(20-49)18-32(17-30)21-49)42(57)35-36(43(38)58)41(56)28(6)45-37(35)46(59)48(8,64-45)62-15-14-34(61-10)25(3)44(63-29(7)53)27(5)40(55)26(4)39(23)54/h11-15,22-23,25-27,30-32,34,39-40,44,54-58H,16-21H2,1-10H3,(H,51,60)/b12-11+,15-14+,24-13+,50-22+. The molecule has 6 N–H and O–H groups in total. The molecule has 15 heteroatoms. The molecule has 0 radical (unpaired) electrons. The van der Waals surface area contributed by atoms with Gasteiger partial charge in [0.15, 0.2) is 5.75 Å². The van der Waals surface area contributed by atoms with Gasteiger partial charge >= 0.3 is 11.8 Å². The lowest BCUT2D eigenvalue weighted by atomic mass is 9.53. The van der Waals surface area contributed by atoms with E-state index in [9.17, 15) is 39.9 Å². The highest BCUT2D eigenvalue weighted by molar-refractivity contribution is 6.23. The SMILES string of the molecule is COC1/C=C/OC2(C)Oc3c(C)c(O)c4c(O)c(c(/C=N/N(C)C56CC7CC(CC(C7)C5)C6)c(O)c4c3C2=O)NC(=O)/C(C)=C/C=C/C(C)C(O)C(C)C(O)C(C)C(OC(C)=O)C1C. The number of carbonyl (C=O) groups is 3. The van der Waals surface area contributed by atoms with Gasteiger partial charge in [-0.15, -0.1) is 0 Å². The predicted octanol–water partition coefficient (Wildman–Crippen LogP) is 6.99. The molecular weight excluding hydrogens is 823 g/mol. The summed E-state index contributed by atoms with van der Waals surface area (Å²) in [4.78, 5) is 41.0. The maximum Gasteiger partial charge on any atom is 0.312 e. The van der Waals surface area contributed by atoms with E-state index < -0.39 is 88.8 Å². The monoisotopic (exact) mass is 887 g/mol. The number of carbonyl (C=O) groups excluding carboxylic acids is 3. The van der Waals surface area contributed by atoms with E-state index in [0.717, 1.165) is 19.3 Å². The number of aliphatic hydroxyl groups is 2. The normalized spacial score (nSPS) is 37.2. The lowest BCUT2D eigenvalue weighted by Gasteiger charge is -2.59. The van der Waals surface area contributed by atoms with Crippen LogP contribution in [0.3, 0.4) is 0 Å². The van der Waals surface area contributed by atoms with E-state index in [-0.39, 0.29) is 50.0 Å². The van der Waals surface area contributed by atoms with Gasteiger partial charge in [0, 0.05) is 68.2 Å². The first kappa shape index (κ1) is 46.9. The van der Waals surface area contributed by atoms with Crippen molar-refractivity contribution in [2.24, 2.45) is 46.5 Å². The van der Waals surface area contributed by atoms with Gasteiger partial charge in [0.2, 0.25) is 0 Å². The zero-order valence-corrected chi connectivity index (χ0v) is 38.5. The number of ether oxygens (including phenoxy) is 4. The summed E-state index contributed by atoms with van der Waals surface area (Å²) in [6.45, 7) is 12.6. The van der Waals surface area contributed by atoms with Crippen molar-refractivity contribution < 1.29 is 58.9 Å². The molecule has 4 saturated carbocycles. The molecule has 4 fully saturated rings. The Labute approximate surface area is 374 Å². The molecule has 64 heavy (non-hydrogen) atoms. The van der Waals surface area contributed by atoms with E-state index in [0.29, 0.717) is 17.8 Å². The van der Waals surface area contributed by atoms with Gasteiger partial charge in [0.1, 0.15) is 23.4 Å². The number of esters is 1. The Bertz CT molecular complexity index is 2280. The Morgan fingerprint density at radius 3 is 2.12 bits per heavy atom. The summed E-state index contributed by atoms with van der Waals surface area (Å²) in [7, 11) is 3.36. The number of allylic oxidation sites excluding steroid dienone is 2. The average Bonchev–Trinajstić information content (AvgIpc) is 3.51. The zero-order valence-electron chi connectivity index (χ0n) is 38.5. The number of Topliss-reactive ketones (excluding diaryl/α,β-unsaturated/α-hetero) is 1. The first-order valence-corrected chi connectivity index (χ1v) is 22.5. The number of anilines is 1. The molecule has 2 aromatic carbocycles. The van der Waals surface area contributed by atoms with Crippen LogP contribution in [0.5, 0.6) is 23.0 Å². The maximum absolute atomic E-state index is 14.6. The van der Waals surface area contributed by atoms with Crippen molar-refractivity contribution in [1.82, 2.24) is 5.01 Å². The molecular formula is C49H65N3O12. The summed E-state index contributed by atoms with van der Waals surface area (Å²) in [5.74, 6) is -6.36. The highest BCUT2D eigenvalue weighted by Crippen LogP contribution is 2.58. The lowest BCUT2D eigenvalue weighted by molar-refractivity contribution is -0.160. The summed E-state index contributed by atoms with van der Waals surface area (Å²) in [5, 5.41) is 68.3. The number of nitrogens with one attached hydrogen (secondary N) is 1. The van der Waals surface area contributed by atoms with E-state index in [1.54, 1.807) is 46.8 Å². The number of nitrogens with zero attached hydrogens (tertiary/aromatic N) is 2. The number of methoxy groups -OCH3 is 1.